The predicted molar refractivity (Wildman–Crippen MR) is 122 cm³/mol. The Morgan fingerprint density at radius 3 is 1.97 bits per heavy atom. The number of piperidine rings is 2. The molecule has 10 nitrogen and oxygen atoms in total. The number of nitrogens with zero attached hydrogens (tertiary/aromatic N) is 5. The van der Waals surface area contributed by atoms with Gasteiger partial charge in [-0.25, -0.2) is 9.97 Å². The molecule has 3 aromatic rings. The lowest BCUT2D eigenvalue weighted by molar-refractivity contribution is -0.201. The Kier molecular flexibility index (Phi) is 5.55. The maximum atomic E-state index is 14.2. The number of rotatable bonds is 6. The molecule has 2 bridgehead atoms. The number of carbonyl (C=O) groups excluding carboxylic acids is 1. The van der Waals surface area contributed by atoms with E-state index in [4.69, 9.17) is 0 Å². The fourth-order valence-electron chi connectivity index (χ4n) is 5.60. The first-order valence-electron chi connectivity index (χ1n) is 10.4. The van der Waals surface area contributed by atoms with Crippen molar-refractivity contribution in [2.45, 2.75) is 18.6 Å². The minimum absolute atomic E-state index is 0.164. The van der Waals surface area contributed by atoms with Crippen molar-refractivity contribution in [3.8, 4) is 0 Å². The molecule has 0 saturated carbocycles. The zero-order valence-electron chi connectivity index (χ0n) is 18.1. The van der Waals surface area contributed by atoms with Crippen molar-refractivity contribution in [1.82, 2.24) is 24.8 Å². The van der Waals surface area contributed by atoms with Crippen LogP contribution in [0.1, 0.15) is 29.2 Å². The minimum Gasteiger partial charge on any atom is -0.480 e. The fraction of sp³-hybridized carbons (Fsp3) is 0.364. The molecule has 3 aromatic heterocycles. The molecule has 2 aliphatic rings. The molecule has 34 heavy (non-hydrogen) atoms. The maximum absolute atomic E-state index is 14.2. The largest absolute Gasteiger partial charge is 0.480 e. The number of aliphatic carboxylic acids is 2. The van der Waals surface area contributed by atoms with E-state index in [1.807, 2.05) is 6.07 Å². The lowest BCUT2D eigenvalue weighted by Crippen LogP contribution is -2.75. The van der Waals surface area contributed by atoms with Gasteiger partial charge in [0.15, 0.2) is 16.6 Å². The Bertz CT molecular complexity index is 1150. The molecule has 0 spiro atoms. The standard InChI is InChI=1S/C22H21N5O5S2/c1-26-16(14-7-33-11-24-14)21(19(29)30)9-27(6-13-4-2-3-5-23-13)10-22(18(21)28,20(31)32)17(26)15-8-34-12-25-15/h2-5,7-8,11-12,16-17H,6,9-10H2,1H3,(H,29,30)(H,31,32). The van der Waals surface area contributed by atoms with Crippen LogP contribution in [0.25, 0.3) is 0 Å². The molecule has 4 unspecified atom stereocenters. The monoisotopic (exact) mass is 499 g/mol. The van der Waals surface area contributed by atoms with Crippen LogP contribution in [-0.4, -0.2) is 72.8 Å². The van der Waals surface area contributed by atoms with Gasteiger partial charge in [0, 0.05) is 36.6 Å². The molecule has 2 aliphatic heterocycles. The highest BCUT2D eigenvalue weighted by molar-refractivity contribution is 7.07. The summed E-state index contributed by atoms with van der Waals surface area (Å²) in [4.78, 5) is 56.6. The second-order valence-electron chi connectivity index (χ2n) is 8.65. The first-order valence-corrected chi connectivity index (χ1v) is 12.3. The van der Waals surface area contributed by atoms with Crippen molar-refractivity contribution in [2.75, 3.05) is 20.1 Å². The molecule has 2 saturated heterocycles. The van der Waals surface area contributed by atoms with Crippen molar-refractivity contribution in [3.63, 3.8) is 0 Å². The zero-order valence-corrected chi connectivity index (χ0v) is 19.7. The van der Waals surface area contributed by atoms with E-state index in [2.05, 4.69) is 15.0 Å². The summed E-state index contributed by atoms with van der Waals surface area (Å²) in [6.45, 7) is -0.123. The van der Waals surface area contributed by atoms with Gasteiger partial charge in [-0.05, 0) is 19.2 Å². The molecule has 4 atom stereocenters. The number of hydrogen-bond donors (Lipinski definition) is 2. The highest BCUT2D eigenvalue weighted by atomic mass is 32.1. The number of carbonyl (C=O) groups is 3. The summed E-state index contributed by atoms with van der Waals surface area (Å²) in [6, 6.07) is 3.40. The number of aromatic nitrogens is 3. The number of hydrogen-bond acceptors (Lipinski definition) is 10. The van der Waals surface area contributed by atoms with Crippen LogP contribution >= 0.6 is 22.7 Å². The first-order chi connectivity index (χ1) is 16.3. The predicted octanol–water partition coefficient (Wildman–Crippen LogP) is 1.95. The average Bonchev–Trinajstić information content (AvgIpc) is 3.51. The van der Waals surface area contributed by atoms with Crippen molar-refractivity contribution < 1.29 is 24.6 Å². The van der Waals surface area contributed by atoms with E-state index < -0.39 is 40.6 Å². The van der Waals surface area contributed by atoms with E-state index in [9.17, 15) is 24.6 Å². The highest BCUT2D eigenvalue weighted by Gasteiger charge is 2.74. The van der Waals surface area contributed by atoms with Crippen LogP contribution in [0.5, 0.6) is 0 Å². The molecule has 12 heteroatoms. The van der Waals surface area contributed by atoms with Gasteiger partial charge in [0.25, 0.3) is 0 Å². The van der Waals surface area contributed by atoms with Gasteiger partial charge in [-0.1, -0.05) is 6.07 Å². The Morgan fingerprint density at radius 2 is 1.56 bits per heavy atom. The second kappa shape index (κ2) is 8.31. The average molecular weight is 500 g/mol. The molecule has 5 heterocycles. The Morgan fingerprint density at radius 1 is 1.00 bits per heavy atom. The van der Waals surface area contributed by atoms with Gasteiger partial charge in [-0.3, -0.25) is 29.2 Å². The van der Waals surface area contributed by atoms with Gasteiger partial charge >= 0.3 is 11.9 Å². The molecule has 2 N–H and O–H groups in total. The van der Waals surface area contributed by atoms with Gasteiger partial charge in [0.1, 0.15) is 0 Å². The number of ketones is 1. The first kappa shape index (κ1) is 22.7. The number of pyridine rings is 1. The van der Waals surface area contributed by atoms with E-state index in [-0.39, 0.29) is 19.6 Å². The normalized spacial score (nSPS) is 29.7. The Hall–Kier alpha value is -3.06. The smallest absolute Gasteiger partial charge is 0.320 e. The zero-order chi connectivity index (χ0) is 24.1. The summed E-state index contributed by atoms with van der Waals surface area (Å²) < 4.78 is 0. The molecule has 0 radical (unpaired) electrons. The van der Waals surface area contributed by atoms with Crippen LogP contribution in [0.2, 0.25) is 0 Å². The summed E-state index contributed by atoms with van der Waals surface area (Å²) >= 11 is 2.58. The van der Waals surface area contributed by atoms with Crippen molar-refractivity contribution in [1.29, 1.82) is 0 Å². The third-order valence-electron chi connectivity index (χ3n) is 6.84. The van der Waals surface area contributed by atoms with E-state index in [0.717, 1.165) is 0 Å². The minimum atomic E-state index is -2.04. The summed E-state index contributed by atoms with van der Waals surface area (Å²) in [5.74, 6) is -3.54. The number of carboxylic acids is 2. The number of likely N-dealkylation sites (tertiary alicyclic amines) is 2. The summed E-state index contributed by atoms with van der Waals surface area (Å²) in [6.07, 6.45) is 1.62. The molecule has 0 aliphatic carbocycles. The topological polar surface area (TPSA) is 137 Å². The molecule has 2 fully saturated rings. The summed E-state index contributed by atoms with van der Waals surface area (Å²) in [5.41, 5.74) is 0.564. The fourth-order valence-corrected chi connectivity index (χ4v) is 6.75. The second-order valence-corrected chi connectivity index (χ2v) is 10.1. The third-order valence-corrected chi connectivity index (χ3v) is 8.05. The van der Waals surface area contributed by atoms with Crippen molar-refractivity contribution in [3.05, 3.63) is 63.3 Å². The van der Waals surface area contributed by atoms with Crippen LogP contribution < -0.4 is 0 Å². The number of thiazole rings is 2. The third kappa shape index (κ3) is 3.13. The number of Topliss-reactive ketones (excluding diaryl/α,β-unsaturated/α-hetero) is 1. The van der Waals surface area contributed by atoms with Gasteiger partial charge in [-0.15, -0.1) is 22.7 Å². The van der Waals surface area contributed by atoms with Gasteiger partial charge in [-0.2, -0.15) is 0 Å². The molecule has 0 amide bonds. The van der Waals surface area contributed by atoms with Crippen LogP contribution in [0.4, 0.5) is 0 Å². The Balaban J connectivity index is 1.75. The van der Waals surface area contributed by atoms with Gasteiger partial charge < -0.3 is 10.2 Å². The van der Waals surface area contributed by atoms with Crippen molar-refractivity contribution >= 4 is 40.4 Å². The molecule has 176 valence electrons. The Labute approximate surface area is 202 Å². The van der Waals surface area contributed by atoms with Gasteiger partial charge in [0.05, 0.1) is 40.2 Å². The molecular weight excluding hydrogens is 478 g/mol. The highest BCUT2D eigenvalue weighted by Crippen LogP contribution is 2.59. The van der Waals surface area contributed by atoms with Crippen LogP contribution in [0, 0.1) is 10.8 Å². The van der Waals surface area contributed by atoms with E-state index in [1.54, 1.807) is 57.0 Å². The molecule has 0 aromatic carbocycles. The number of fused-ring (bicyclic) bond motifs is 2. The lowest BCUT2D eigenvalue weighted by Gasteiger charge is -2.59. The summed E-state index contributed by atoms with van der Waals surface area (Å²) in [5, 5.41) is 24.6. The lowest BCUT2D eigenvalue weighted by atomic mass is 9.55. The van der Waals surface area contributed by atoms with E-state index in [1.165, 1.54) is 22.7 Å². The summed E-state index contributed by atoms with van der Waals surface area (Å²) in [7, 11) is 1.66. The molecule has 5 rings (SSSR count). The number of carboxylic acid groups (broad SMARTS) is 2. The molecular formula is C22H21N5O5S2. The SMILES string of the molecule is CN1C(c2cscn2)C2(C(=O)O)CN(Cc3ccccn3)CC(C(=O)O)(C2=O)C1c1cscn1. The quantitative estimate of drug-likeness (QED) is 0.484. The maximum Gasteiger partial charge on any atom is 0.320 e. The van der Waals surface area contributed by atoms with Crippen LogP contribution in [0.15, 0.2) is 46.2 Å². The van der Waals surface area contributed by atoms with E-state index >= 15 is 0 Å². The van der Waals surface area contributed by atoms with Crippen molar-refractivity contribution in [2.24, 2.45) is 10.8 Å². The van der Waals surface area contributed by atoms with Gasteiger partial charge in [0.2, 0.25) is 0 Å². The van der Waals surface area contributed by atoms with E-state index in [0.29, 0.717) is 17.1 Å². The van der Waals surface area contributed by atoms with Crippen LogP contribution in [-0.2, 0) is 20.9 Å². The van der Waals surface area contributed by atoms with Crippen LogP contribution in [0.3, 0.4) is 0 Å².